The van der Waals surface area contributed by atoms with Crippen LogP contribution in [-0.2, 0) is 24.2 Å². The van der Waals surface area contributed by atoms with Crippen molar-refractivity contribution in [3.05, 3.63) is 75.0 Å². The molecule has 0 spiro atoms. The third-order valence-corrected chi connectivity index (χ3v) is 4.87. The summed E-state index contributed by atoms with van der Waals surface area (Å²) in [6.45, 7) is 0.0770. The van der Waals surface area contributed by atoms with Crippen molar-refractivity contribution < 1.29 is 14.5 Å². The molecular formula is C20H18N2O4. The van der Waals surface area contributed by atoms with Crippen molar-refractivity contribution in [3.8, 4) is 0 Å². The third-order valence-electron chi connectivity index (χ3n) is 4.87. The van der Waals surface area contributed by atoms with Gasteiger partial charge in [-0.25, -0.2) is 4.79 Å². The second-order valence-electron chi connectivity index (χ2n) is 6.52. The van der Waals surface area contributed by atoms with Crippen molar-refractivity contribution >= 4 is 22.6 Å². The Hall–Kier alpha value is -3.15. The van der Waals surface area contributed by atoms with Gasteiger partial charge in [-0.15, -0.1) is 0 Å². The highest BCUT2D eigenvalue weighted by Gasteiger charge is 2.20. The van der Waals surface area contributed by atoms with Crippen LogP contribution in [0.5, 0.6) is 0 Å². The highest BCUT2D eigenvalue weighted by Crippen LogP contribution is 2.31. The van der Waals surface area contributed by atoms with E-state index in [1.54, 1.807) is 18.2 Å². The van der Waals surface area contributed by atoms with Crippen LogP contribution in [0.2, 0.25) is 0 Å². The fraction of sp³-hybridized carbons (Fsp3) is 0.250. The zero-order valence-corrected chi connectivity index (χ0v) is 14.2. The molecule has 1 aliphatic carbocycles. The van der Waals surface area contributed by atoms with Crippen LogP contribution < -0.4 is 0 Å². The Morgan fingerprint density at radius 3 is 2.65 bits per heavy atom. The number of non-ortho nitro benzene ring substituents is 1. The molecule has 0 fully saturated rings. The Kier molecular flexibility index (Phi) is 4.16. The first-order valence-corrected chi connectivity index (χ1v) is 8.66. The number of nitrogens with one attached hydrogen (secondary N) is 1. The zero-order chi connectivity index (χ0) is 18.1. The topological polar surface area (TPSA) is 85.2 Å². The van der Waals surface area contributed by atoms with Crippen LogP contribution in [0, 0.1) is 10.1 Å². The normalized spacial score (nSPS) is 13.4. The van der Waals surface area contributed by atoms with E-state index in [4.69, 9.17) is 4.74 Å². The van der Waals surface area contributed by atoms with Gasteiger partial charge < -0.3 is 9.72 Å². The molecule has 1 aliphatic rings. The lowest BCUT2D eigenvalue weighted by Gasteiger charge is -2.10. The second kappa shape index (κ2) is 6.63. The monoisotopic (exact) mass is 350 g/mol. The highest BCUT2D eigenvalue weighted by molar-refractivity contribution is 6.04. The number of aryl methyl sites for hydroxylation is 2. The fourth-order valence-electron chi connectivity index (χ4n) is 3.54. The van der Waals surface area contributed by atoms with Crippen LogP contribution in [0.25, 0.3) is 10.9 Å². The first kappa shape index (κ1) is 16.3. The van der Waals surface area contributed by atoms with E-state index in [1.807, 2.05) is 12.1 Å². The van der Waals surface area contributed by atoms with Gasteiger partial charge in [0.1, 0.15) is 6.61 Å². The van der Waals surface area contributed by atoms with Crippen LogP contribution in [0.4, 0.5) is 5.69 Å². The van der Waals surface area contributed by atoms with Crippen molar-refractivity contribution in [3.63, 3.8) is 0 Å². The number of hydrogen-bond acceptors (Lipinski definition) is 4. The van der Waals surface area contributed by atoms with E-state index >= 15 is 0 Å². The number of nitrogens with zero attached hydrogens (tertiary/aromatic N) is 1. The number of benzene rings is 2. The van der Waals surface area contributed by atoms with Crippen molar-refractivity contribution in [2.75, 3.05) is 0 Å². The number of H-pyrrole nitrogens is 1. The van der Waals surface area contributed by atoms with E-state index in [0.29, 0.717) is 11.1 Å². The van der Waals surface area contributed by atoms with Gasteiger partial charge in [0.25, 0.3) is 5.69 Å². The van der Waals surface area contributed by atoms with E-state index in [2.05, 4.69) is 4.98 Å². The minimum absolute atomic E-state index is 0.0156. The predicted molar refractivity (Wildman–Crippen MR) is 97.2 cm³/mol. The Balaban J connectivity index is 1.54. The summed E-state index contributed by atoms with van der Waals surface area (Å²) in [6, 6.07) is 11.7. The number of nitro benzene ring substituents is 1. The van der Waals surface area contributed by atoms with E-state index in [9.17, 15) is 14.9 Å². The van der Waals surface area contributed by atoms with Gasteiger partial charge in [-0.2, -0.15) is 0 Å². The van der Waals surface area contributed by atoms with Gasteiger partial charge in [0.05, 0.1) is 16.0 Å². The molecule has 0 radical (unpaired) electrons. The third kappa shape index (κ3) is 2.94. The summed E-state index contributed by atoms with van der Waals surface area (Å²) in [5, 5.41) is 11.8. The summed E-state index contributed by atoms with van der Waals surface area (Å²) in [4.78, 5) is 26.2. The smallest absolute Gasteiger partial charge is 0.340 e. The molecule has 132 valence electrons. The molecule has 6 heteroatoms. The Morgan fingerprint density at radius 1 is 1.12 bits per heavy atom. The fourth-order valence-corrected chi connectivity index (χ4v) is 3.54. The predicted octanol–water partition coefficient (Wildman–Crippen LogP) is 4.31. The molecule has 0 bridgehead atoms. The minimum atomic E-state index is -0.455. The molecule has 6 nitrogen and oxygen atoms in total. The Labute approximate surface area is 149 Å². The average molecular weight is 350 g/mol. The summed E-state index contributed by atoms with van der Waals surface area (Å²) < 4.78 is 5.43. The van der Waals surface area contributed by atoms with E-state index < -0.39 is 10.9 Å². The highest BCUT2D eigenvalue weighted by atomic mass is 16.6. The number of carbonyl (C=O) groups excluding carboxylic acids is 1. The number of nitro groups is 1. The van der Waals surface area contributed by atoms with Gasteiger partial charge in [0, 0.05) is 23.2 Å². The van der Waals surface area contributed by atoms with Gasteiger partial charge in [0.2, 0.25) is 0 Å². The molecule has 1 heterocycles. The summed E-state index contributed by atoms with van der Waals surface area (Å²) in [5.41, 5.74) is 4.63. The van der Waals surface area contributed by atoms with Crippen LogP contribution in [0.1, 0.15) is 40.0 Å². The molecule has 0 unspecified atom stereocenters. The van der Waals surface area contributed by atoms with E-state index in [0.717, 1.165) is 23.7 Å². The Bertz CT molecular complexity index is 989. The lowest BCUT2D eigenvalue weighted by atomic mass is 9.95. The summed E-state index contributed by atoms with van der Waals surface area (Å²) in [5.74, 6) is -0.396. The van der Waals surface area contributed by atoms with Crippen molar-refractivity contribution in [1.82, 2.24) is 4.98 Å². The minimum Gasteiger partial charge on any atom is -0.457 e. The van der Waals surface area contributed by atoms with Gasteiger partial charge in [-0.1, -0.05) is 12.1 Å². The molecule has 4 rings (SSSR count). The van der Waals surface area contributed by atoms with Crippen molar-refractivity contribution in [2.24, 2.45) is 0 Å². The first-order valence-electron chi connectivity index (χ1n) is 8.66. The number of rotatable bonds is 4. The molecule has 1 aromatic heterocycles. The number of aromatic amines is 1. The molecule has 0 saturated carbocycles. The number of aromatic nitrogens is 1. The van der Waals surface area contributed by atoms with Crippen molar-refractivity contribution in [2.45, 2.75) is 32.3 Å². The van der Waals surface area contributed by atoms with Crippen molar-refractivity contribution in [1.29, 1.82) is 0 Å². The maximum Gasteiger partial charge on any atom is 0.340 e. The maximum atomic E-state index is 12.6. The average Bonchev–Trinajstić information content (AvgIpc) is 3.05. The van der Waals surface area contributed by atoms with Crippen LogP contribution in [0.3, 0.4) is 0 Å². The summed E-state index contributed by atoms with van der Waals surface area (Å²) in [6.07, 6.45) is 4.40. The largest absolute Gasteiger partial charge is 0.457 e. The lowest BCUT2D eigenvalue weighted by molar-refractivity contribution is -0.384. The molecule has 0 amide bonds. The number of esters is 1. The lowest BCUT2D eigenvalue weighted by Crippen LogP contribution is -2.06. The molecule has 26 heavy (non-hydrogen) atoms. The van der Waals surface area contributed by atoms with Crippen LogP contribution in [0.15, 0.2) is 42.5 Å². The quantitative estimate of drug-likeness (QED) is 0.431. The molecule has 0 saturated heterocycles. The molecule has 3 aromatic rings. The molecule has 0 aliphatic heterocycles. The first-order chi connectivity index (χ1) is 12.6. The second-order valence-corrected chi connectivity index (χ2v) is 6.52. The number of fused-ring (bicyclic) bond motifs is 3. The van der Waals surface area contributed by atoms with E-state index in [1.165, 1.54) is 36.2 Å². The molecule has 1 N–H and O–H groups in total. The van der Waals surface area contributed by atoms with Crippen LogP contribution >= 0.6 is 0 Å². The maximum absolute atomic E-state index is 12.6. The van der Waals surface area contributed by atoms with Gasteiger partial charge in [0.15, 0.2) is 0 Å². The number of hydrogen-bond donors (Lipinski definition) is 1. The summed E-state index contributed by atoms with van der Waals surface area (Å²) in [7, 11) is 0. The Morgan fingerprint density at radius 2 is 1.88 bits per heavy atom. The standard InChI is InChI=1S/C20H18N2O4/c23-20(26-12-13-8-10-14(11-9-13)22(24)25)17-6-3-5-16-15-4-1-2-7-18(15)21-19(16)17/h3,5-6,8-11,21H,1-2,4,7,12H2. The number of para-hydroxylation sites is 1. The van der Waals surface area contributed by atoms with Gasteiger partial charge in [-0.3, -0.25) is 10.1 Å². The van der Waals surface area contributed by atoms with Crippen LogP contribution in [-0.4, -0.2) is 15.9 Å². The zero-order valence-electron chi connectivity index (χ0n) is 14.2. The molecular weight excluding hydrogens is 332 g/mol. The number of carbonyl (C=O) groups is 1. The SMILES string of the molecule is O=C(OCc1ccc([N+](=O)[O-])cc1)c1cccc2c3c([nH]c12)CCCC3. The van der Waals surface area contributed by atoms with Gasteiger partial charge >= 0.3 is 5.97 Å². The summed E-state index contributed by atoms with van der Waals surface area (Å²) >= 11 is 0. The number of ether oxygens (including phenoxy) is 1. The molecule has 0 atom stereocenters. The molecule has 2 aromatic carbocycles. The van der Waals surface area contributed by atoms with Gasteiger partial charge in [-0.05, 0) is 55.0 Å². The van der Waals surface area contributed by atoms with E-state index in [-0.39, 0.29) is 12.3 Å².